The van der Waals surface area contributed by atoms with Crippen LogP contribution in [0.4, 0.5) is 52.7 Å². The highest BCUT2D eigenvalue weighted by molar-refractivity contribution is 6.02. The lowest BCUT2D eigenvalue weighted by atomic mass is 9.99. The molecule has 0 N–H and O–H groups in total. The van der Waals surface area contributed by atoms with Crippen LogP contribution in [0.3, 0.4) is 0 Å². The van der Waals surface area contributed by atoms with E-state index in [0.29, 0.717) is 6.92 Å². The molecular formula is C31H8F12N4. The first-order chi connectivity index (χ1) is 22.0. The minimum absolute atomic E-state index is 0.607. The zero-order chi connectivity index (χ0) is 35.2. The molecule has 5 rings (SSSR count). The van der Waals surface area contributed by atoms with Gasteiger partial charge in [0.25, 0.3) is 0 Å². The summed E-state index contributed by atoms with van der Waals surface area (Å²) in [6, 6.07) is 4.08. The lowest BCUT2D eigenvalue weighted by Gasteiger charge is -2.09. The van der Waals surface area contributed by atoms with Crippen LogP contribution in [-0.4, -0.2) is 0 Å². The van der Waals surface area contributed by atoms with Gasteiger partial charge in [0.05, 0.1) is 22.3 Å². The van der Waals surface area contributed by atoms with Gasteiger partial charge in [-0.05, 0) is 24.0 Å². The van der Waals surface area contributed by atoms with E-state index in [9.17, 15) is 36.9 Å². The Morgan fingerprint density at radius 1 is 0.511 bits per heavy atom. The average molecular weight is 664 g/mol. The third-order valence-electron chi connectivity index (χ3n) is 8.42. The van der Waals surface area contributed by atoms with Crippen molar-refractivity contribution in [3.63, 3.8) is 0 Å². The molecule has 4 nitrogen and oxygen atoms in total. The topological polar surface area (TPSA) is 95.2 Å². The van der Waals surface area contributed by atoms with Crippen LogP contribution in [0.15, 0.2) is 11.1 Å². The third kappa shape index (κ3) is 3.94. The minimum Gasteiger partial charge on any atom is -0.203 e. The van der Waals surface area contributed by atoms with E-state index < -0.39 is 143 Å². The van der Waals surface area contributed by atoms with Gasteiger partial charge in [-0.2, -0.15) is 21.0 Å². The molecule has 0 saturated heterocycles. The second kappa shape index (κ2) is 10.7. The quantitative estimate of drug-likeness (QED) is 0.161. The van der Waals surface area contributed by atoms with Gasteiger partial charge in [0, 0.05) is 22.5 Å². The van der Waals surface area contributed by atoms with Crippen LogP contribution in [-0.2, 0) is 0 Å². The van der Waals surface area contributed by atoms with Crippen LogP contribution in [0.5, 0.6) is 0 Å². The standard InChI is InChI=1S/C31H8F12N4/c1-7-19(32)25(38)13(26(39)20(7)33)9(3-44)17-18(10(4-45)14-27(40)21(34)11(5-46)22(35)28(14)41)31(17)8(2)16(31)15-29(42)23(36)12(6-47)24(37)30(15)43/h8,16H,1-2H3/b17-9-,18-10+. The predicted octanol–water partition coefficient (Wildman–Crippen LogP) is 8.10. The smallest absolute Gasteiger partial charge is 0.180 e. The monoisotopic (exact) mass is 664 g/mol. The molecule has 3 atom stereocenters. The number of halogens is 12. The molecule has 2 saturated carbocycles. The number of hydrogen-bond acceptors (Lipinski definition) is 4. The van der Waals surface area contributed by atoms with Crippen molar-refractivity contribution >= 4 is 11.1 Å². The number of allylic oxidation sites excluding steroid dienone is 4. The number of nitriles is 4. The van der Waals surface area contributed by atoms with Crippen molar-refractivity contribution in [2.75, 3.05) is 0 Å². The summed E-state index contributed by atoms with van der Waals surface area (Å²) < 4.78 is 179. The molecule has 2 aliphatic carbocycles. The van der Waals surface area contributed by atoms with Gasteiger partial charge in [-0.3, -0.25) is 0 Å². The summed E-state index contributed by atoms with van der Waals surface area (Å²) in [5.41, 5.74) is -17.2. The summed E-state index contributed by atoms with van der Waals surface area (Å²) in [6.45, 7) is 1.61. The van der Waals surface area contributed by atoms with Crippen molar-refractivity contribution in [2.24, 2.45) is 11.3 Å². The zero-order valence-electron chi connectivity index (χ0n) is 23.0. The highest BCUT2D eigenvalue weighted by Gasteiger charge is 2.80. The SMILES string of the molecule is Cc1c(F)c(F)c(/C(C#N)=C2/C(=C(/C#N)c3c(F)c(F)c(C#N)c(F)c3F)C23C(C)C3c2c(F)c(F)c(C#N)c(F)c2F)c(F)c1F. The fourth-order valence-corrected chi connectivity index (χ4v) is 6.18. The first-order valence-corrected chi connectivity index (χ1v) is 12.7. The van der Waals surface area contributed by atoms with Gasteiger partial charge in [-0.1, -0.05) is 6.92 Å². The Bertz CT molecular complexity index is 2180. The predicted molar refractivity (Wildman–Crippen MR) is 132 cm³/mol. The molecule has 3 unspecified atom stereocenters. The minimum atomic E-state index is -2.44. The van der Waals surface area contributed by atoms with Gasteiger partial charge in [0.2, 0.25) is 0 Å². The van der Waals surface area contributed by atoms with Crippen molar-refractivity contribution < 1.29 is 52.7 Å². The molecule has 3 aromatic carbocycles. The second-order valence-electron chi connectivity index (χ2n) is 10.4. The number of benzene rings is 3. The maximum Gasteiger partial charge on any atom is 0.180 e. The van der Waals surface area contributed by atoms with E-state index in [1.165, 1.54) is 6.07 Å². The van der Waals surface area contributed by atoms with Crippen LogP contribution >= 0.6 is 0 Å². The Balaban J connectivity index is 1.98. The highest BCUT2D eigenvalue weighted by atomic mass is 19.2. The first kappa shape index (κ1) is 32.6. The molecule has 0 heterocycles. The van der Waals surface area contributed by atoms with Crippen molar-refractivity contribution in [2.45, 2.75) is 19.8 Å². The van der Waals surface area contributed by atoms with Gasteiger partial charge in [0.15, 0.2) is 69.8 Å². The van der Waals surface area contributed by atoms with Gasteiger partial charge >= 0.3 is 0 Å². The summed E-state index contributed by atoms with van der Waals surface area (Å²) in [6.07, 6.45) is 0. The molecule has 0 aliphatic heterocycles. The molecule has 2 fully saturated rings. The molecule has 16 heteroatoms. The molecule has 236 valence electrons. The van der Waals surface area contributed by atoms with Crippen molar-refractivity contribution in [3.05, 3.63) is 114 Å². The van der Waals surface area contributed by atoms with E-state index in [0.717, 1.165) is 25.1 Å². The van der Waals surface area contributed by atoms with E-state index in [1.54, 1.807) is 0 Å². The Hall–Kier alpha value is -5.74. The molecule has 0 radical (unpaired) electrons. The van der Waals surface area contributed by atoms with Crippen molar-refractivity contribution in [1.82, 2.24) is 0 Å². The van der Waals surface area contributed by atoms with E-state index in [-0.39, 0.29) is 0 Å². The summed E-state index contributed by atoms with van der Waals surface area (Å²) in [5, 5.41) is 37.8. The van der Waals surface area contributed by atoms with Crippen molar-refractivity contribution in [3.8, 4) is 24.3 Å². The Morgan fingerprint density at radius 2 is 0.830 bits per heavy atom. The average Bonchev–Trinajstić information content (AvgIpc) is 3.89. The fourth-order valence-electron chi connectivity index (χ4n) is 6.18. The number of hydrogen-bond donors (Lipinski definition) is 0. The Morgan fingerprint density at radius 3 is 1.15 bits per heavy atom. The zero-order valence-corrected chi connectivity index (χ0v) is 23.0. The molecular weight excluding hydrogens is 656 g/mol. The van der Waals surface area contributed by atoms with Crippen LogP contribution in [0.1, 0.15) is 46.2 Å². The second-order valence-corrected chi connectivity index (χ2v) is 10.4. The van der Waals surface area contributed by atoms with E-state index in [2.05, 4.69) is 0 Å². The lowest BCUT2D eigenvalue weighted by molar-refractivity contribution is 0.433. The van der Waals surface area contributed by atoms with Gasteiger partial charge in [-0.25, -0.2) is 52.7 Å². The molecule has 47 heavy (non-hydrogen) atoms. The normalized spacial score (nSPS) is 21.5. The number of nitrogens with zero attached hydrogens (tertiary/aromatic N) is 4. The van der Waals surface area contributed by atoms with Gasteiger partial charge < -0.3 is 0 Å². The van der Waals surface area contributed by atoms with E-state index >= 15 is 26.3 Å². The maximum absolute atomic E-state index is 15.2. The summed E-state index contributed by atoms with van der Waals surface area (Å²) >= 11 is 0. The Kier molecular flexibility index (Phi) is 7.41. The molecule has 0 amide bonds. The summed E-state index contributed by atoms with van der Waals surface area (Å²) in [5.74, 6) is -30.3. The fraction of sp³-hybridized carbons (Fsp3) is 0.161. The van der Waals surface area contributed by atoms with Crippen LogP contribution in [0.2, 0.25) is 0 Å². The molecule has 3 aromatic rings. The van der Waals surface area contributed by atoms with Gasteiger partial charge in [-0.15, -0.1) is 0 Å². The van der Waals surface area contributed by atoms with E-state index in [1.807, 2.05) is 0 Å². The maximum atomic E-state index is 15.2. The highest BCUT2D eigenvalue weighted by Crippen LogP contribution is 2.87. The largest absolute Gasteiger partial charge is 0.203 e. The van der Waals surface area contributed by atoms with E-state index in [4.69, 9.17) is 10.5 Å². The molecule has 0 bridgehead atoms. The van der Waals surface area contributed by atoms with Crippen LogP contribution < -0.4 is 0 Å². The van der Waals surface area contributed by atoms with Gasteiger partial charge in [0.1, 0.15) is 35.4 Å². The number of rotatable bonds is 3. The first-order valence-electron chi connectivity index (χ1n) is 12.7. The third-order valence-corrected chi connectivity index (χ3v) is 8.42. The summed E-state index contributed by atoms with van der Waals surface area (Å²) in [7, 11) is 0. The van der Waals surface area contributed by atoms with Crippen LogP contribution in [0.25, 0.3) is 11.1 Å². The molecule has 2 aliphatic rings. The lowest BCUT2D eigenvalue weighted by Crippen LogP contribution is -2.07. The Labute approximate surface area is 254 Å². The van der Waals surface area contributed by atoms with Crippen LogP contribution in [0, 0.1) is 133 Å². The van der Waals surface area contributed by atoms with Crippen molar-refractivity contribution in [1.29, 1.82) is 21.0 Å². The molecule has 0 aromatic heterocycles. The summed E-state index contributed by atoms with van der Waals surface area (Å²) in [4.78, 5) is 0. The molecule has 1 spiro atoms.